The molecule has 2 rings (SSSR count). The summed E-state index contributed by atoms with van der Waals surface area (Å²) in [7, 11) is 0. The van der Waals surface area contributed by atoms with E-state index >= 15 is 0 Å². The molecule has 4 amide bonds. The van der Waals surface area contributed by atoms with Crippen LogP contribution in [0.25, 0.3) is 0 Å². The predicted molar refractivity (Wildman–Crippen MR) is 158 cm³/mol. The molecule has 0 aliphatic heterocycles. The van der Waals surface area contributed by atoms with E-state index in [0.717, 1.165) is 17.3 Å². The number of carbonyl (C=O) groups is 5. The van der Waals surface area contributed by atoms with Gasteiger partial charge in [-0.1, -0.05) is 42.5 Å². The van der Waals surface area contributed by atoms with Gasteiger partial charge in [0.2, 0.25) is 17.7 Å². The smallest absolute Gasteiger partial charge is 0.408 e. The Morgan fingerprint density at radius 1 is 0.810 bits per heavy atom. The summed E-state index contributed by atoms with van der Waals surface area (Å²) >= 11 is 1.14. The Morgan fingerprint density at radius 3 is 1.93 bits per heavy atom. The molecule has 0 aromatic heterocycles. The molecule has 3 atom stereocenters. The van der Waals surface area contributed by atoms with Crippen molar-refractivity contribution in [3.63, 3.8) is 0 Å². The lowest BCUT2D eigenvalue weighted by Crippen LogP contribution is -2.57. The quantitative estimate of drug-likeness (QED) is 0.139. The summed E-state index contributed by atoms with van der Waals surface area (Å²) in [5.74, 6) is -2.87. The lowest BCUT2D eigenvalue weighted by Gasteiger charge is -2.26. The number of ether oxygens (including phenoxy) is 1. The average Bonchev–Trinajstić information content (AvgIpc) is 2.90. The number of carboxylic acid groups (broad SMARTS) is 1. The maximum Gasteiger partial charge on any atom is 0.408 e. The lowest BCUT2D eigenvalue weighted by atomic mass is 10.0. The van der Waals surface area contributed by atoms with Gasteiger partial charge in [-0.2, -0.15) is 0 Å². The van der Waals surface area contributed by atoms with E-state index in [1.807, 2.05) is 6.07 Å². The molecule has 0 radical (unpaired) electrons. The number of aromatic hydroxyl groups is 1. The molecule has 0 saturated heterocycles. The van der Waals surface area contributed by atoms with Crippen molar-refractivity contribution >= 4 is 41.5 Å². The summed E-state index contributed by atoms with van der Waals surface area (Å²) < 4.78 is 5.32. The Labute approximate surface area is 249 Å². The second kappa shape index (κ2) is 16.2. The van der Waals surface area contributed by atoms with E-state index in [0.29, 0.717) is 5.56 Å². The highest BCUT2D eigenvalue weighted by Crippen LogP contribution is 2.13. The molecule has 0 spiro atoms. The Balaban J connectivity index is 2.24. The first kappa shape index (κ1) is 33.9. The van der Waals surface area contributed by atoms with E-state index in [2.05, 4.69) is 21.3 Å². The normalized spacial score (nSPS) is 13.1. The second-order valence-electron chi connectivity index (χ2n) is 10.5. The SMILES string of the molecule is CC(=O)NCSC[C@H](NC(=O)[C@@H](Cc1ccccc1)NC(=O)OC(C)(C)C)C(=O)N[C@@H](Cc1ccc(O)cc1)C(=O)O. The number of benzene rings is 2. The number of nitrogens with one attached hydrogen (secondary N) is 4. The predicted octanol–water partition coefficient (Wildman–Crippen LogP) is 1.95. The van der Waals surface area contributed by atoms with Crippen LogP contribution in [0.15, 0.2) is 54.6 Å². The van der Waals surface area contributed by atoms with Gasteiger partial charge >= 0.3 is 12.1 Å². The average molecular weight is 603 g/mol. The number of hydrogen-bond donors (Lipinski definition) is 6. The van der Waals surface area contributed by atoms with Gasteiger partial charge in [-0.25, -0.2) is 9.59 Å². The van der Waals surface area contributed by atoms with Crippen LogP contribution in [0.4, 0.5) is 4.79 Å². The number of phenolic OH excluding ortho intramolecular Hbond substituents is 1. The van der Waals surface area contributed by atoms with Crippen LogP contribution in [-0.4, -0.2) is 75.4 Å². The molecular formula is C29H38N4O8S. The number of hydrogen-bond acceptors (Lipinski definition) is 8. The summed E-state index contributed by atoms with van der Waals surface area (Å²) in [4.78, 5) is 62.6. The lowest BCUT2D eigenvalue weighted by molar-refractivity contribution is -0.142. The topological polar surface area (TPSA) is 183 Å². The molecule has 228 valence electrons. The van der Waals surface area contributed by atoms with E-state index in [4.69, 9.17) is 4.74 Å². The monoisotopic (exact) mass is 602 g/mol. The van der Waals surface area contributed by atoms with Gasteiger partial charge in [0.15, 0.2) is 0 Å². The van der Waals surface area contributed by atoms with Crippen LogP contribution >= 0.6 is 11.8 Å². The summed E-state index contributed by atoms with van der Waals surface area (Å²) in [5, 5.41) is 29.5. The molecule has 42 heavy (non-hydrogen) atoms. The van der Waals surface area contributed by atoms with Crippen LogP contribution in [0.5, 0.6) is 5.75 Å². The fourth-order valence-corrected chi connectivity index (χ4v) is 4.53. The molecule has 0 aliphatic carbocycles. The van der Waals surface area contributed by atoms with E-state index in [-0.39, 0.29) is 36.1 Å². The molecule has 6 N–H and O–H groups in total. The summed E-state index contributed by atoms with van der Waals surface area (Å²) in [6.07, 6.45) is -0.796. The van der Waals surface area contributed by atoms with Crippen molar-refractivity contribution in [1.29, 1.82) is 0 Å². The van der Waals surface area contributed by atoms with Crippen molar-refractivity contribution in [3.05, 3.63) is 65.7 Å². The van der Waals surface area contributed by atoms with Gasteiger partial charge < -0.3 is 36.2 Å². The standard InChI is InChI=1S/C29H38N4O8S/c1-18(34)30-17-42-16-24(26(37)31-23(27(38)39)15-20-10-12-21(35)13-11-20)32-25(36)22(14-19-8-6-5-7-9-19)33-28(40)41-29(2,3)4/h5-13,22-24,35H,14-17H2,1-4H3,(H,30,34)(H,31,37)(H,32,36)(H,33,40)(H,38,39)/t22-,23+,24+/m1/s1. The number of phenols is 1. The van der Waals surface area contributed by atoms with Crippen LogP contribution in [0.2, 0.25) is 0 Å². The third-order valence-electron chi connectivity index (χ3n) is 5.62. The number of carbonyl (C=O) groups excluding carboxylic acids is 4. The fraction of sp³-hybridized carbons (Fsp3) is 0.414. The maximum absolute atomic E-state index is 13.5. The van der Waals surface area contributed by atoms with Gasteiger partial charge in [0.25, 0.3) is 0 Å². The highest BCUT2D eigenvalue weighted by Gasteiger charge is 2.31. The molecule has 2 aromatic carbocycles. The van der Waals surface area contributed by atoms with Crippen LogP contribution in [0.1, 0.15) is 38.8 Å². The van der Waals surface area contributed by atoms with E-state index in [1.54, 1.807) is 45.0 Å². The maximum atomic E-state index is 13.5. The Hall–Kier alpha value is -4.26. The highest BCUT2D eigenvalue weighted by atomic mass is 32.2. The van der Waals surface area contributed by atoms with Gasteiger partial charge in [-0.3, -0.25) is 14.4 Å². The van der Waals surface area contributed by atoms with Gasteiger partial charge in [-0.05, 0) is 44.0 Å². The number of amides is 4. The molecule has 2 aromatic rings. The number of aliphatic carboxylic acids is 1. The molecule has 0 saturated carbocycles. The van der Waals surface area contributed by atoms with Crippen molar-refractivity contribution in [2.45, 2.75) is 64.3 Å². The molecule has 0 aliphatic rings. The van der Waals surface area contributed by atoms with Gasteiger partial charge in [-0.15, -0.1) is 11.8 Å². The van der Waals surface area contributed by atoms with Crippen LogP contribution in [0.3, 0.4) is 0 Å². The van der Waals surface area contributed by atoms with Crippen molar-refractivity contribution in [2.75, 3.05) is 11.6 Å². The second-order valence-corrected chi connectivity index (χ2v) is 11.5. The third-order valence-corrected chi connectivity index (χ3v) is 6.54. The minimum atomic E-state index is -1.33. The zero-order valence-electron chi connectivity index (χ0n) is 24.0. The number of carboxylic acids is 1. The van der Waals surface area contributed by atoms with Crippen molar-refractivity contribution in [1.82, 2.24) is 21.3 Å². The van der Waals surface area contributed by atoms with Gasteiger partial charge in [0, 0.05) is 25.5 Å². The molecule has 0 unspecified atom stereocenters. The Kier molecular flexibility index (Phi) is 13.1. The molecular weight excluding hydrogens is 564 g/mol. The van der Waals surface area contributed by atoms with E-state index < -0.39 is 47.6 Å². The van der Waals surface area contributed by atoms with Crippen molar-refractivity contribution < 1.29 is 38.9 Å². The van der Waals surface area contributed by atoms with Gasteiger partial charge in [0.1, 0.15) is 29.5 Å². The van der Waals surface area contributed by atoms with Crippen molar-refractivity contribution in [2.24, 2.45) is 0 Å². The number of alkyl carbamates (subject to hydrolysis) is 1. The zero-order chi connectivity index (χ0) is 31.3. The molecule has 12 nitrogen and oxygen atoms in total. The minimum absolute atomic E-state index is 0.00606. The first-order chi connectivity index (χ1) is 19.7. The van der Waals surface area contributed by atoms with Crippen LogP contribution in [0, 0.1) is 0 Å². The first-order valence-corrected chi connectivity index (χ1v) is 14.4. The van der Waals surface area contributed by atoms with E-state index in [9.17, 15) is 34.2 Å². The Bertz CT molecular complexity index is 1220. The van der Waals surface area contributed by atoms with Gasteiger partial charge in [0.05, 0.1) is 5.88 Å². The minimum Gasteiger partial charge on any atom is -0.508 e. The fourth-order valence-electron chi connectivity index (χ4n) is 3.63. The summed E-state index contributed by atoms with van der Waals surface area (Å²) in [6.45, 7) is 6.39. The summed E-state index contributed by atoms with van der Waals surface area (Å²) in [5.41, 5.74) is 0.490. The molecule has 0 heterocycles. The van der Waals surface area contributed by atoms with Crippen LogP contribution in [-0.2, 0) is 36.8 Å². The highest BCUT2D eigenvalue weighted by molar-refractivity contribution is 7.99. The number of thioether (sulfide) groups is 1. The van der Waals surface area contributed by atoms with Crippen LogP contribution < -0.4 is 21.3 Å². The molecule has 0 fully saturated rings. The molecule has 13 heteroatoms. The third kappa shape index (κ3) is 12.9. The summed E-state index contributed by atoms with van der Waals surface area (Å²) in [6, 6.07) is 11.2. The number of rotatable bonds is 14. The molecule has 0 bridgehead atoms. The zero-order valence-corrected chi connectivity index (χ0v) is 24.8. The largest absolute Gasteiger partial charge is 0.508 e. The van der Waals surface area contributed by atoms with Crippen molar-refractivity contribution in [3.8, 4) is 5.75 Å². The van der Waals surface area contributed by atoms with E-state index in [1.165, 1.54) is 31.2 Å². The Morgan fingerprint density at radius 2 is 1.36 bits per heavy atom. The first-order valence-electron chi connectivity index (χ1n) is 13.2.